The van der Waals surface area contributed by atoms with Gasteiger partial charge in [-0.05, 0) is 37.6 Å². The fourth-order valence-corrected chi connectivity index (χ4v) is 2.18. The molecule has 3 N–H and O–H groups in total. The number of benzene rings is 1. The third kappa shape index (κ3) is 5.61. The number of halogens is 1. The highest BCUT2D eigenvalue weighted by Gasteiger charge is 2.08. The van der Waals surface area contributed by atoms with Gasteiger partial charge < -0.3 is 16.0 Å². The van der Waals surface area contributed by atoms with Crippen LogP contribution < -0.4 is 16.0 Å². The summed E-state index contributed by atoms with van der Waals surface area (Å²) >= 11 is 3.42. The molecule has 1 aromatic rings. The molecule has 0 aliphatic carbocycles. The summed E-state index contributed by atoms with van der Waals surface area (Å²) in [7, 11) is 3.92. The van der Waals surface area contributed by atoms with Crippen LogP contribution in [0.1, 0.15) is 25.7 Å². The molecule has 0 aliphatic rings. The average Bonchev–Trinajstić information content (AvgIpc) is 2.34. The van der Waals surface area contributed by atoms with Crippen LogP contribution in [-0.4, -0.2) is 26.5 Å². The van der Waals surface area contributed by atoms with E-state index in [1.807, 2.05) is 37.2 Å². The number of rotatable bonds is 7. The first kappa shape index (κ1) is 16.0. The van der Waals surface area contributed by atoms with Crippen molar-refractivity contribution < 1.29 is 4.79 Å². The van der Waals surface area contributed by atoms with Crippen molar-refractivity contribution in [3.63, 3.8) is 0 Å². The molecule has 0 atom stereocenters. The molecule has 0 saturated carbocycles. The Labute approximate surface area is 123 Å². The molecular weight excluding hydrogens is 306 g/mol. The highest BCUT2D eigenvalue weighted by molar-refractivity contribution is 9.10. The molecule has 0 radical (unpaired) electrons. The second-order valence-corrected chi connectivity index (χ2v) is 5.62. The van der Waals surface area contributed by atoms with E-state index in [2.05, 4.69) is 21.2 Å². The van der Waals surface area contributed by atoms with E-state index in [0.29, 0.717) is 13.0 Å². The van der Waals surface area contributed by atoms with Gasteiger partial charge in [0, 0.05) is 25.0 Å². The monoisotopic (exact) mass is 327 g/mol. The van der Waals surface area contributed by atoms with E-state index in [1.165, 1.54) is 0 Å². The van der Waals surface area contributed by atoms with E-state index in [-0.39, 0.29) is 5.91 Å². The van der Waals surface area contributed by atoms with Gasteiger partial charge >= 0.3 is 0 Å². The van der Waals surface area contributed by atoms with Crippen LogP contribution in [0, 0.1) is 0 Å². The molecule has 0 heterocycles. The minimum Gasteiger partial charge on any atom is -0.376 e. The number of unbranched alkanes of at least 4 members (excludes halogenated alkanes) is 2. The van der Waals surface area contributed by atoms with Gasteiger partial charge in [0.2, 0.25) is 5.91 Å². The molecule has 106 valence electrons. The maximum absolute atomic E-state index is 11.9. The van der Waals surface area contributed by atoms with Crippen molar-refractivity contribution in [3.05, 3.63) is 22.7 Å². The molecule has 0 spiro atoms. The van der Waals surface area contributed by atoms with Crippen LogP contribution in [0.5, 0.6) is 0 Å². The first-order valence-electron chi connectivity index (χ1n) is 6.51. The minimum atomic E-state index is 0.0539. The van der Waals surface area contributed by atoms with Gasteiger partial charge in [-0.1, -0.05) is 22.4 Å². The Bertz CT molecular complexity index is 421. The first-order chi connectivity index (χ1) is 9.04. The Kier molecular flexibility index (Phi) is 6.87. The Morgan fingerprint density at radius 3 is 2.68 bits per heavy atom. The fourth-order valence-electron chi connectivity index (χ4n) is 1.82. The topological polar surface area (TPSA) is 58.4 Å². The zero-order valence-corrected chi connectivity index (χ0v) is 13.2. The van der Waals surface area contributed by atoms with Crippen molar-refractivity contribution in [2.45, 2.75) is 25.7 Å². The Morgan fingerprint density at radius 1 is 1.32 bits per heavy atom. The summed E-state index contributed by atoms with van der Waals surface area (Å²) in [5.41, 5.74) is 7.26. The molecular formula is C14H22BrN3O. The molecule has 5 heteroatoms. The third-order valence-electron chi connectivity index (χ3n) is 2.82. The van der Waals surface area contributed by atoms with Crippen molar-refractivity contribution in [1.82, 2.24) is 0 Å². The standard InChI is InChI=1S/C14H22BrN3O/c1-18(2)13-8-7-11(15)10-12(13)17-14(19)6-4-3-5-9-16/h7-8,10H,3-6,9,16H2,1-2H3,(H,17,19). The molecule has 4 nitrogen and oxygen atoms in total. The molecule has 0 fully saturated rings. The molecule has 19 heavy (non-hydrogen) atoms. The molecule has 0 bridgehead atoms. The van der Waals surface area contributed by atoms with E-state index in [1.54, 1.807) is 0 Å². The lowest BCUT2D eigenvalue weighted by Gasteiger charge is -2.18. The number of nitrogens with one attached hydrogen (secondary N) is 1. The highest BCUT2D eigenvalue weighted by Crippen LogP contribution is 2.28. The number of carbonyl (C=O) groups excluding carboxylic acids is 1. The zero-order valence-electron chi connectivity index (χ0n) is 11.6. The first-order valence-corrected chi connectivity index (χ1v) is 7.30. The number of hydrogen-bond donors (Lipinski definition) is 2. The summed E-state index contributed by atoms with van der Waals surface area (Å²) in [4.78, 5) is 13.9. The van der Waals surface area contributed by atoms with Gasteiger partial charge in [0.1, 0.15) is 0 Å². The second-order valence-electron chi connectivity index (χ2n) is 4.70. The SMILES string of the molecule is CN(C)c1ccc(Br)cc1NC(=O)CCCCCN. The van der Waals surface area contributed by atoms with Crippen molar-refractivity contribution >= 4 is 33.2 Å². The van der Waals surface area contributed by atoms with E-state index < -0.39 is 0 Å². The van der Waals surface area contributed by atoms with Gasteiger partial charge in [0.25, 0.3) is 0 Å². The van der Waals surface area contributed by atoms with Crippen molar-refractivity contribution in [2.75, 3.05) is 30.9 Å². The molecule has 0 unspecified atom stereocenters. The van der Waals surface area contributed by atoms with E-state index in [9.17, 15) is 4.79 Å². The van der Waals surface area contributed by atoms with Gasteiger partial charge in [-0.25, -0.2) is 0 Å². The van der Waals surface area contributed by atoms with E-state index >= 15 is 0 Å². The fraction of sp³-hybridized carbons (Fsp3) is 0.500. The molecule has 1 rings (SSSR count). The predicted molar refractivity (Wildman–Crippen MR) is 84.6 cm³/mol. The van der Waals surface area contributed by atoms with E-state index in [0.717, 1.165) is 35.1 Å². The minimum absolute atomic E-state index is 0.0539. The summed E-state index contributed by atoms with van der Waals surface area (Å²) in [5, 5.41) is 2.97. The number of amides is 1. The maximum Gasteiger partial charge on any atom is 0.224 e. The quantitative estimate of drug-likeness (QED) is 0.757. The number of anilines is 2. The van der Waals surface area contributed by atoms with Gasteiger partial charge in [-0.3, -0.25) is 4.79 Å². The van der Waals surface area contributed by atoms with Crippen molar-refractivity contribution in [2.24, 2.45) is 5.73 Å². The van der Waals surface area contributed by atoms with E-state index in [4.69, 9.17) is 5.73 Å². The van der Waals surface area contributed by atoms with Gasteiger partial charge in [-0.15, -0.1) is 0 Å². The van der Waals surface area contributed by atoms with Crippen LogP contribution in [0.15, 0.2) is 22.7 Å². The van der Waals surface area contributed by atoms with Gasteiger partial charge in [-0.2, -0.15) is 0 Å². The Balaban J connectivity index is 2.60. The molecule has 0 aliphatic heterocycles. The second kappa shape index (κ2) is 8.17. The van der Waals surface area contributed by atoms with Crippen LogP contribution >= 0.6 is 15.9 Å². The largest absolute Gasteiger partial charge is 0.376 e. The lowest BCUT2D eigenvalue weighted by molar-refractivity contribution is -0.116. The van der Waals surface area contributed by atoms with Gasteiger partial charge in [0.05, 0.1) is 11.4 Å². The maximum atomic E-state index is 11.9. The van der Waals surface area contributed by atoms with Crippen molar-refractivity contribution in [1.29, 1.82) is 0 Å². The number of nitrogens with two attached hydrogens (primary N) is 1. The number of nitrogens with zero attached hydrogens (tertiary/aromatic N) is 1. The molecule has 0 saturated heterocycles. The summed E-state index contributed by atoms with van der Waals surface area (Å²) < 4.78 is 0.955. The normalized spacial score (nSPS) is 10.3. The summed E-state index contributed by atoms with van der Waals surface area (Å²) in [6, 6.07) is 5.87. The lowest BCUT2D eigenvalue weighted by atomic mass is 10.2. The molecule has 1 amide bonds. The Morgan fingerprint density at radius 2 is 2.05 bits per heavy atom. The van der Waals surface area contributed by atoms with Crippen LogP contribution in [-0.2, 0) is 4.79 Å². The Hall–Kier alpha value is -1.07. The van der Waals surface area contributed by atoms with Crippen LogP contribution in [0.3, 0.4) is 0 Å². The van der Waals surface area contributed by atoms with Gasteiger partial charge in [0.15, 0.2) is 0 Å². The summed E-state index contributed by atoms with van der Waals surface area (Å²) in [6.07, 6.45) is 3.41. The smallest absolute Gasteiger partial charge is 0.224 e. The predicted octanol–water partition coefficient (Wildman–Crippen LogP) is 2.97. The highest BCUT2D eigenvalue weighted by atomic mass is 79.9. The van der Waals surface area contributed by atoms with Crippen LogP contribution in [0.4, 0.5) is 11.4 Å². The lowest BCUT2D eigenvalue weighted by Crippen LogP contribution is -2.16. The molecule has 0 aromatic heterocycles. The molecule has 1 aromatic carbocycles. The van der Waals surface area contributed by atoms with Crippen molar-refractivity contribution in [3.8, 4) is 0 Å². The van der Waals surface area contributed by atoms with Crippen LogP contribution in [0.2, 0.25) is 0 Å². The number of carbonyl (C=O) groups is 1. The zero-order chi connectivity index (χ0) is 14.3. The van der Waals surface area contributed by atoms with Crippen LogP contribution in [0.25, 0.3) is 0 Å². The summed E-state index contributed by atoms with van der Waals surface area (Å²) in [6.45, 7) is 0.692. The summed E-state index contributed by atoms with van der Waals surface area (Å²) in [5.74, 6) is 0.0539. The average molecular weight is 328 g/mol. The third-order valence-corrected chi connectivity index (χ3v) is 3.32. The number of hydrogen-bond acceptors (Lipinski definition) is 3.